The van der Waals surface area contributed by atoms with E-state index in [2.05, 4.69) is 5.32 Å². The molecule has 0 aromatic rings. The zero-order chi connectivity index (χ0) is 13.9. The lowest BCUT2D eigenvalue weighted by Gasteiger charge is -2.07. The van der Waals surface area contributed by atoms with E-state index in [0.29, 0.717) is 12.8 Å². The minimum absolute atomic E-state index is 0.0241. The smallest absolute Gasteiger partial charge is 0.303 e. The third-order valence-electron chi connectivity index (χ3n) is 3.05. The molecule has 19 heavy (non-hydrogen) atoms. The summed E-state index contributed by atoms with van der Waals surface area (Å²) in [5.74, 6) is 0.432. The largest absolute Gasteiger partial charge is 0.481 e. The highest BCUT2D eigenvalue weighted by atomic mass is 33.1. The fourth-order valence-electron chi connectivity index (χ4n) is 1.95. The lowest BCUT2D eigenvalue weighted by molar-refractivity contribution is -0.137. The first-order valence-electron chi connectivity index (χ1n) is 6.95. The van der Waals surface area contributed by atoms with Crippen LogP contribution in [0, 0.1) is 0 Å². The number of aliphatic carboxylic acids is 1. The van der Waals surface area contributed by atoms with E-state index in [1.54, 1.807) is 0 Å². The normalized spacial score (nSPS) is 18.4. The van der Waals surface area contributed by atoms with Crippen LogP contribution in [0.4, 0.5) is 0 Å². The van der Waals surface area contributed by atoms with Crippen molar-refractivity contribution < 1.29 is 14.7 Å². The van der Waals surface area contributed by atoms with Gasteiger partial charge in [-0.1, -0.05) is 34.4 Å². The summed E-state index contributed by atoms with van der Waals surface area (Å²) in [6.45, 7) is 0.721. The Morgan fingerprint density at radius 3 is 2.68 bits per heavy atom. The molecule has 110 valence electrons. The number of hydrogen-bond donors (Lipinski definition) is 2. The Morgan fingerprint density at radius 2 is 2.00 bits per heavy atom. The number of hydrogen-bond acceptors (Lipinski definition) is 4. The summed E-state index contributed by atoms with van der Waals surface area (Å²) < 4.78 is 0. The van der Waals surface area contributed by atoms with Crippen molar-refractivity contribution in [2.24, 2.45) is 0 Å². The third kappa shape index (κ3) is 9.21. The number of carbonyl (C=O) groups is 2. The molecule has 0 bridgehead atoms. The van der Waals surface area contributed by atoms with E-state index in [0.717, 1.165) is 24.6 Å². The van der Waals surface area contributed by atoms with Crippen molar-refractivity contribution in [3.05, 3.63) is 0 Å². The van der Waals surface area contributed by atoms with Crippen molar-refractivity contribution in [1.82, 2.24) is 5.32 Å². The van der Waals surface area contributed by atoms with Crippen molar-refractivity contribution >= 4 is 33.5 Å². The van der Waals surface area contributed by atoms with Gasteiger partial charge in [0.2, 0.25) is 5.91 Å². The molecule has 0 aromatic heterocycles. The van der Waals surface area contributed by atoms with Gasteiger partial charge in [-0.25, -0.2) is 0 Å². The predicted molar refractivity (Wildman–Crippen MR) is 81.4 cm³/mol. The first-order valence-corrected chi connectivity index (χ1v) is 9.33. The van der Waals surface area contributed by atoms with Crippen molar-refractivity contribution in [3.63, 3.8) is 0 Å². The van der Waals surface area contributed by atoms with Crippen molar-refractivity contribution in [3.8, 4) is 0 Å². The van der Waals surface area contributed by atoms with Gasteiger partial charge in [0.25, 0.3) is 0 Å². The molecule has 1 aliphatic rings. The van der Waals surface area contributed by atoms with E-state index >= 15 is 0 Å². The van der Waals surface area contributed by atoms with Crippen LogP contribution in [-0.2, 0) is 9.59 Å². The van der Waals surface area contributed by atoms with E-state index in [9.17, 15) is 9.59 Å². The summed E-state index contributed by atoms with van der Waals surface area (Å²) in [5.41, 5.74) is 0. The van der Waals surface area contributed by atoms with Crippen LogP contribution in [0.1, 0.15) is 51.4 Å². The lowest BCUT2D eigenvalue weighted by Crippen LogP contribution is -2.24. The van der Waals surface area contributed by atoms with Gasteiger partial charge >= 0.3 is 5.97 Å². The minimum Gasteiger partial charge on any atom is -0.481 e. The Labute approximate surface area is 122 Å². The van der Waals surface area contributed by atoms with Crippen LogP contribution in [0.3, 0.4) is 0 Å². The van der Waals surface area contributed by atoms with E-state index in [1.807, 2.05) is 21.6 Å². The zero-order valence-corrected chi connectivity index (χ0v) is 12.9. The van der Waals surface area contributed by atoms with E-state index in [4.69, 9.17) is 5.11 Å². The van der Waals surface area contributed by atoms with Gasteiger partial charge in [0, 0.05) is 30.4 Å². The number of rotatable bonds is 10. The minimum atomic E-state index is -0.837. The fraction of sp³-hybridized carbons (Fsp3) is 0.846. The van der Waals surface area contributed by atoms with Gasteiger partial charge in [-0.3, -0.25) is 9.59 Å². The molecule has 0 saturated carbocycles. The number of carboxylic acids is 1. The number of nitrogens with one attached hydrogen (secondary N) is 1. The monoisotopic (exact) mass is 305 g/mol. The fourth-order valence-corrected chi connectivity index (χ4v) is 4.98. The van der Waals surface area contributed by atoms with E-state index < -0.39 is 5.97 Å². The quantitative estimate of drug-likeness (QED) is 0.479. The molecular weight excluding hydrogens is 282 g/mol. The summed E-state index contributed by atoms with van der Waals surface area (Å²) in [5, 5.41) is 12.1. The highest BCUT2D eigenvalue weighted by Gasteiger charge is 2.15. The molecular formula is C13H23NO3S2. The van der Waals surface area contributed by atoms with Crippen molar-refractivity contribution in [2.75, 3.05) is 12.3 Å². The molecule has 1 aliphatic heterocycles. The van der Waals surface area contributed by atoms with Crippen LogP contribution in [0.15, 0.2) is 0 Å². The Kier molecular flexibility index (Phi) is 9.16. The van der Waals surface area contributed by atoms with Gasteiger partial charge in [0.05, 0.1) is 0 Å². The zero-order valence-electron chi connectivity index (χ0n) is 11.2. The molecule has 1 fully saturated rings. The average molecular weight is 305 g/mol. The maximum atomic E-state index is 11.4. The SMILES string of the molecule is O=C(O)CCCC(=O)NCCCCCC1CCSS1. The first-order chi connectivity index (χ1) is 9.18. The molecule has 0 aliphatic carbocycles. The standard InChI is InChI=1S/C13H23NO3S2/c15-12(6-4-7-13(16)17)14-9-3-1-2-5-11-8-10-18-19-11/h11H,1-10H2,(H,14,15)(H,16,17). The van der Waals surface area contributed by atoms with Gasteiger partial charge in [0.15, 0.2) is 0 Å². The Hall–Kier alpha value is -0.360. The molecule has 0 aromatic carbocycles. The van der Waals surface area contributed by atoms with Crippen LogP contribution in [-0.4, -0.2) is 34.5 Å². The second-order valence-electron chi connectivity index (χ2n) is 4.78. The molecule has 1 amide bonds. The van der Waals surface area contributed by atoms with Gasteiger partial charge in [0.1, 0.15) is 0 Å². The summed E-state index contributed by atoms with van der Waals surface area (Å²) in [6.07, 6.45) is 6.89. The highest BCUT2D eigenvalue weighted by Crippen LogP contribution is 2.39. The predicted octanol–water partition coefficient (Wildman–Crippen LogP) is 3.07. The Morgan fingerprint density at radius 1 is 1.16 bits per heavy atom. The van der Waals surface area contributed by atoms with Gasteiger partial charge in [-0.05, 0) is 25.7 Å². The molecule has 1 heterocycles. The number of carbonyl (C=O) groups excluding carboxylic acids is 1. The molecule has 6 heteroatoms. The van der Waals surface area contributed by atoms with Gasteiger partial charge < -0.3 is 10.4 Å². The van der Waals surface area contributed by atoms with Crippen molar-refractivity contribution in [2.45, 2.75) is 56.6 Å². The maximum absolute atomic E-state index is 11.4. The molecule has 1 atom stereocenters. The van der Waals surface area contributed by atoms with Crippen LogP contribution in [0.2, 0.25) is 0 Å². The summed E-state index contributed by atoms with van der Waals surface area (Å²) in [6, 6.07) is 0. The summed E-state index contributed by atoms with van der Waals surface area (Å²) in [4.78, 5) is 21.6. The van der Waals surface area contributed by atoms with Gasteiger partial charge in [-0.2, -0.15) is 0 Å². The molecule has 1 saturated heterocycles. The molecule has 0 radical (unpaired) electrons. The van der Waals surface area contributed by atoms with Crippen LogP contribution in [0.5, 0.6) is 0 Å². The third-order valence-corrected chi connectivity index (χ3v) is 6.05. The average Bonchev–Trinajstić information content (AvgIpc) is 2.86. The lowest BCUT2D eigenvalue weighted by atomic mass is 10.1. The topological polar surface area (TPSA) is 66.4 Å². The summed E-state index contributed by atoms with van der Waals surface area (Å²) in [7, 11) is 4.00. The number of unbranched alkanes of at least 4 members (excludes halogenated alkanes) is 2. The molecule has 0 spiro atoms. The molecule has 2 N–H and O–H groups in total. The first kappa shape index (κ1) is 16.7. The highest BCUT2D eigenvalue weighted by molar-refractivity contribution is 8.77. The van der Waals surface area contributed by atoms with Crippen LogP contribution in [0.25, 0.3) is 0 Å². The van der Waals surface area contributed by atoms with Crippen LogP contribution >= 0.6 is 21.6 Å². The number of amides is 1. The summed E-state index contributed by atoms with van der Waals surface area (Å²) >= 11 is 0. The molecule has 1 unspecified atom stereocenters. The van der Waals surface area contributed by atoms with Gasteiger partial charge in [-0.15, -0.1) is 0 Å². The van der Waals surface area contributed by atoms with E-state index in [1.165, 1.54) is 25.0 Å². The maximum Gasteiger partial charge on any atom is 0.303 e. The second kappa shape index (κ2) is 10.4. The number of carboxylic acid groups (broad SMARTS) is 1. The van der Waals surface area contributed by atoms with Crippen molar-refractivity contribution in [1.29, 1.82) is 0 Å². The molecule has 1 rings (SSSR count). The van der Waals surface area contributed by atoms with Crippen LogP contribution < -0.4 is 5.32 Å². The Bertz CT molecular complexity index is 281. The molecule has 4 nitrogen and oxygen atoms in total. The second-order valence-corrected chi connectivity index (χ2v) is 7.56. The Balaban J connectivity index is 1.84. The van der Waals surface area contributed by atoms with E-state index in [-0.39, 0.29) is 12.3 Å².